The summed E-state index contributed by atoms with van der Waals surface area (Å²) in [5.74, 6) is 0.220. The molecule has 0 bridgehead atoms. The maximum absolute atomic E-state index is 13.1. The van der Waals surface area contributed by atoms with E-state index in [-0.39, 0.29) is 30.4 Å². The molecule has 1 saturated carbocycles. The van der Waals surface area contributed by atoms with Gasteiger partial charge in [-0.3, -0.25) is 14.9 Å². The van der Waals surface area contributed by atoms with Gasteiger partial charge in [-0.05, 0) is 66.8 Å². The zero-order valence-electron chi connectivity index (χ0n) is 19.3. The number of aryl methyl sites for hydroxylation is 1. The Labute approximate surface area is 199 Å². The summed E-state index contributed by atoms with van der Waals surface area (Å²) >= 11 is 0. The highest BCUT2D eigenvalue weighted by atomic mass is 16.5. The van der Waals surface area contributed by atoms with E-state index in [0.29, 0.717) is 18.0 Å². The zero-order chi connectivity index (χ0) is 23.5. The number of benzene rings is 2. The van der Waals surface area contributed by atoms with Crippen LogP contribution in [0, 0.1) is 11.8 Å². The highest BCUT2D eigenvalue weighted by Gasteiger charge is 2.40. The summed E-state index contributed by atoms with van der Waals surface area (Å²) in [6, 6.07) is 15.3. The molecule has 2 atom stereocenters. The number of carbonyl (C=O) groups is 3. The Morgan fingerprint density at radius 2 is 1.82 bits per heavy atom. The first kappa shape index (κ1) is 22.4. The highest BCUT2D eigenvalue weighted by Crippen LogP contribution is 2.40. The number of ether oxygens (including phenoxy) is 1. The molecule has 2 N–H and O–H groups in total. The van der Waals surface area contributed by atoms with Gasteiger partial charge in [-0.1, -0.05) is 36.4 Å². The van der Waals surface area contributed by atoms with E-state index in [2.05, 4.69) is 10.6 Å². The predicted molar refractivity (Wildman–Crippen MR) is 128 cm³/mol. The molecule has 2 aromatic carbocycles. The Bertz CT molecular complexity index is 1060. The van der Waals surface area contributed by atoms with Crippen LogP contribution >= 0.6 is 0 Å². The van der Waals surface area contributed by atoms with Crippen molar-refractivity contribution in [3.63, 3.8) is 0 Å². The van der Waals surface area contributed by atoms with Crippen LogP contribution in [0.5, 0.6) is 0 Å². The lowest BCUT2D eigenvalue weighted by molar-refractivity contribution is -0.139. The highest BCUT2D eigenvalue weighted by molar-refractivity contribution is 5.87. The summed E-state index contributed by atoms with van der Waals surface area (Å²) < 4.78 is 5.30. The van der Waals surface area contributed by atoms with Crippen LogP contribution in [0.2, 0.25) is 0 Å². The summed E-state index contributed by atoms with van der Waals surface area (Å²) in [6.45, 7) is 1.86. The molecule has 1 saturated heterocycles. The molecule has 0 aromatic heterocycles. The van der Waals surface area contributed by atoms with Gasteiger partial charge in [0, 0.05) is 31.1 Å². The van der Waals surface area contributed by atoms with Gasteiger partial charge in [-0.25, -0.2) is 4.79 Å². The minimum atomic E-state index is -0.495. The fourth-order valence-corrected chi connectivity index (χ4v) is 4.86. The quantitative estimate of drug-likeness (QED) is 0.617. The molecule has 3 amide bonds. The van der Waals surface area contributed by atoms with Gasteiger partial charge in [-0.2, -0.15) is 0 Å². The summed E-state index contributed by atoms with van der Waals surface area (Å²) in [6.07, 6.45) is 4.60. The topological polar surface area (TPSA) is 87.7 Å². The van der Waals surface area contributed by atoms with Crippen molar-refractivity contribution in [2.75, 3.05) is 18.4 Å². The Hall–Kier alpha value is -3.35. The molecule has 7 nitrogen and oxygen atoms in total. The zero-order valence-corrected chi connectivity index (χ0v) is 19.3. The number of carbonyl (C=O) groups excluding carboxylic acids is 3. The molecule has 1 heterocycles. The largest absolute Gasteiger partial charge is 0.444 e. The van der Waals surface area contributed by atoms with Crippen LogP contribution in [-0.4, -0.2) is 35.9 Å². The van der Waals surface area contributed by atoms with E-state index in [1.165, 1.54) is 0 Å². The molecule has 0 radical (unpaired) electrons. The SMILES string of the molecule is O=C(Nc1ccc2c(c1)CC[C@H]2NC(=O)[C@H](CC(=O)N1CCC1)C1CC1)OCc1ccccc1. The number of likely N-dealkylation sites (tertiary alicyclic amines) is 1. The van der Waals surface area contributed by atoms with Crippen LogP contribution < -0.4 is 10.6 Å². The summed E-state index contributed by atoms with van der Waals surface area (Å²) in [4.78, 5) is 39.6. The van der Waals surface area contributed by atoms with Gasteiger partial charge in [0.15, 0.2) is 0 Å². The van der Waals surface area contributed by atoms with Gasteiger partial charge in [-0.15, -0.1) is 0 Å². The second kappa shape index (κ2) is 9.87. The smallest absolute Gasteiger partial charge is 0.411 e. The Kier molecular flexibility index (Phi) is 6.52. The number of rotatable bonds is 8. The molecule has 2 aliphatic carbocycles. The van der Waals surface area contributed by atoms with E-state index in [1.54, 1.807) is 0 Å². The summed E-state index contributed by atoms with van der Waals surface area (Å²) in [7, 11) is 0. The molecule has 0 unspecified atom stereocenters. The number of nitrogens with zero attached hydrogens (tertiary/aromatic N) is 1. The first-order chi connectivity index (χ1) is 16.6. The van der Waals surface area contributed by atoms with E-state index in [0.717, 1.165) is 61.9 Å². The number of amides is 3. The monoisotopic (exact) mass is 461 g/mol. The van der Waals surface area contributed by atoms with Crippen LogP contribution in [-0.2, 0) is 27.4 Å². The summed E-state index contributed by atoms with van der Waals surface area (Å²) in [5.41, 5.74) is 3.81. The number of nitrogens with one attached hydrogen (secondary N) is 2. The first-order valence-corrected chi connectivity index (χ1v) is 12.3. The van der Waals surface area contributed by atoms with E-state index in [4.69, 9.17) is 4.74 Å². The van der Waals surface area contributed by atoms with Gasteiger partial charge in [0.05, 0.1) is 6.04 Å². The average Bonchev–Trinajstić information content (AvgIpc) is 3.57. The van der Waals surface area contributed by atoms with Crippen LogP contribution in [0.1, 0.15) is 54.8 Å². The number of hydrogen-bond acceptors (Lipinski definition) is 4. The second-order valence-corrected chi connectivity index (χ2v) is 9.58. The van der Waals surface area contributed by atoms with Crippen molar-refractivity contribution in [1.82, 2.24) is 10.2 Å². The number of anilines is 1. The molecule has 1 aliphatic heterocycles. The molecular weight excluding hydrogens is 430 g/mol. The van der Waals surface area contributed by atoms with Crippen LogP contribution in [0.3, 0.4) is 0 Å². The van der Waals surface area contributed by atoms with E-state index in [1.807, 2.05) is 53.4 Å². The molecule has 2 aromatic rings. The maximum atomic E-state index is 13.1. The Balaban J connectivity index is 1.16. The normalized spacial score (nSPS) is 19.5. The standard InChI is InChI=1S/C27H31N3O4/c31-25(30-13-4-14-30)16-23(19-7-8-19)26(32)29-24-12-9-20-15-21(10-11-22(20)24)28-27(33)34-17-18-5-2-1-3-6-18/h1-3,5-6,10-11,15,19,23-24H,4,7-9,12-14,16-17H2,(H,28,33)(H,29,32)/t23-,24-/m1/s1. The molecule has 2 fully saturated rings. The molecule has 0 spiro atoms. The average molecular weight is 462 g/mol. The Morgan fingerprint density at radius 3 is 2.53 bits per heavy atom. The predicted octanol–water partition coefficient (Wildman–Crippen LogP) is 4.19. The third-order valence-corrected chi connectivity index (χ3v) is 7.13. The molecule has 178 valence electrons. The second-order valence-electron chi connectivity index (χ2n) is 9.58. The third-order valence-electron chi connectivity index (χ3n) is 7.13. The maximum Gasteiger partial charge on any atom is 0.411 e. The van der Waals surface area contributed by atoms with Gasteiger partial charge >= 0.3 is 6.09 Å². The van der Waals surface area contributed by atoms with Crippen molar-refractivity contribution in [3.05, 3.63) is 65.2 Å². The fraction of sp³-hybridized carbons (Fsp3) is 0.444. The van der Waals surface area contributed by atoms with Crippen molar-refractivity contribution in [2.45, 2.75) is 51.2 Å². The van der Waals surface area contributed by atoms with Gasteiger partial charge < -0.3 is 15.0 Å². The molecule has 3 aliphatic rings. The van der Waals surface area contributed by atoms with Gasteiger partial charge in [0.2, 0.25) is 11.8 Å². The van der Waals surface area contributed by atoms with Crippen LogP contribution in [0.25, 0.3) is 0 Å². The van der Waals surface area contributed by atoms with E-state index in [9.17, 15) is 14.4 Å². The number of fused-ring (bicyclic) bond motifs is 1. The van der Waals surface area contributed by atoms with Crippen LogP contribution in [0.4, 0.5) is 10.5 Å². The Morgan fingerprint density at radius 1 is 1.03 bits per heavy atom. The van der Waals surface area contributed by atoms with Crippen molar-refractivity contribution in [2.24, 2.45) is 11.8 Å². The lowest BCUT2D eigenvalue weighted by atomic mass is 9.96. The van der Waals surface area contributed by atoms with Crippen molar-refractivity contribution >= 4 is 23.6 Å². The van der Waals surface area contributed by atoms with Gasteiger partial charge in [0.1, 0.15) is 6.61 Å². The first-order valence-electron chi connectivity index (χ1n) is 12.3. The lowest BCUT2D eigenvalue weighted by Crippen LogP contribution is -2.44. The van der Waals surface area contributed by atoms with Crippen molar-refractivity contribution in [3.8, 4) is 0 Å². The fourth-order valence-electron chi connectivity index (χ4n) is 4.86. The summed E-state index contributed by atoms with van der Waals surface area (Å²) in [5, 5.41) is 6.01. The van der Waals surface area contributed by atoms with Crippen LogP contribution in [0.15, 0.2) is 48.5 Å². The van der Waals surface area contributed by atoms with Crippen molar-refractivity contribution < 1.29 is 19.1 Å². The minimum absolute atomic E-state index is 0.000847. The third kappa shape index (κ3) is 5.24. The minimum Gasteiger partial charge on any atom is -0.444 e. The van der Waals surface area contributed by atoms with Crippen molar-refractivity contribution in [1.29, 1.82) is 0 Å². The lowest BCUT2D eigenvalue weighted by Gasteiger charge is -2.32. The molecule has 34 heavy (non-hydrogen) atoms. The van der Waals surface area contributed by atoms with Gasteiger partial charge in [0.25, 0.3) is 0 Å². The molecule has 7 heteroatoms. The molecule has 5 rings (SSSR count). The number of hydrogen-bond donors (Lipinski definition) is 2. The van der Waals surface area contributed by atoms with E-state index < -0.39 is 6.09 Å². The van der Waals surface area contributed by atoms with E-state index >= 15 is 0 Å². The molecular formula is C27H31N3O4.